The Kier molecular flexibility index (Phi) is 4.71. The topological polar surface area (TPSA) is 87.9 Å². The number of carbonyl (C=O) groups excluding carboxylic acids is 1. The minimum atomic E-state index is -1.70. The van der Waals surface area contributed by atoms with Crippen LogP contribution >= 0.6 is 21.5 Å². The zero-order chi connectivity index (χ0) is 18.4. The summed E-state index contributed by atoms with van der Waals surface area (Å²) in [6.45, 7) is 8.41. The molecule has 0 unspecified atom stereocenters. The fourth-order valence-electron chi connectivity index (χ4n) is 2.81. The van der Waals surface area contributed by atoms with E-state index in [2.05, 4.69) is 5.10 Å². The van der Waals surface area contributed by atoms with E-state index in [1.807, 2.05) is 38.4 Å². The van der Waals surface area contributed by atoms with Crippen LogP contribution in [-0.4, -0.2) is 44.7 Å². The third-order valence-electron chi connectivity index (χ3n) is 4.04. The Morgan fingerprint density at radius 3 is 2.68 bits per heavy atom. The normalized spacial score (nSPS) is 15.3. The minimum absolute atomic E-state index is 0.0506. The molecule has 1 aliphatic heterocycles. The number of aryl methyl sites for hydroxylation is 1. The van der Waals surface area contributed by atoms with Gasteiger partial charge in [0, 0.05) is 18.5 Å². The molecule has 0 spiro atoms. The Morgan fingerprint density at radius 2 is 2.08 bits per heavy atom. The van der Waals surface area contributed by atoms with E-state index < -0.39 is 27.1 Å². The van der Waals surface area contributed by atoms with Gasteiger partial charge in [0.2, 0.25) is 0 Å². The van der Waals surface area contributed by atoms with Gasteiger partial charge >= 0.3 is 6.09 Å². The van der Waals surface area contributed by atoms with E-state index >= 15 is 0 Å². The van der Waals surface area contributed by atoms with Gasteiger partial charge in [-0.05, 0) is 45.4 Å². The maximum atomic E-state index is 12.0. The van der Waals surface area contributed by atoms with Crippen molar-refractivity contribution in [3.8, 4) is 0 Å². The highest BCUT2D eigenvalue weighted by Gasteiger charge is 2.35. The number of carbonyl (C=O) groups is 1. The van der Waals surface area contributed by atoms with Gasteiger partial charge in [-0.15, -0.1) is 0 Å². The second kappa shape index (κ2) is 6.52. The zero-order valence-electron chi connectivity index (χ0n) is 14.6. The lowest BCUT2D eigenvalue weighted by Crippen LogP contribution is -2.52. The molecule has 2 heterocycles. The summed E-state index contributed by atoms with van der Waals surface area (Å²) in [4.78, 5) is 13.7. The molecule has 1 aromatic carbocycles. The Morgan fingerprint density at radius 1 is 1.40 bits per heavy atom. The maximum Gasteiger partial charge on any atom is 0.410 e. The van der Waals surface area contributed by atoms with Crippen LogP contribution < -0.4 is 3.28 Å². The number of rotatable bonds is 3. The molecule has 1 amide bonds. The van der Waals surface area contributed by atoms with Crippen molar-refractivity contribution < 1.29 is 17.8 Å². The summed E-state index contributed by atoms with van der Waals surface area (Å²) in [6, 6.07) is 3.74. The molecule has 0 aliphatic carbocycles. The number of amides is 1. The fourth-order valence-corrected chi connectivity index (χ4v) is 3.54. The van der Waals surface area contributed by atoms with Crippen LogP contribution in [-0.2, 0) is 7.81 Å². The molecule has 25 heavy (non-hydrogen) atoms. The Balaban J connectivity index is 1.79. The highest BCUT2D eigenvalue weighted by molar-refractivity contribution is 14.1. The smallest absolute Gasteiger partial charge is 0.410 e. The number of hydrogen-bond donors (Lipinski definition) is 1. The number of ether oxygens (including phenoxy) is 1. The number of hydrogen-bond acceptors (Lipinski definition) is 5. The molecule has 3 rings (SSSR count). The largest absolute Gasteiger partial charge is 0.444 e. The summed E-state index contributed by atoms with van der Waals surface area (Å²) < 4.78 is 19.1. The lowest BCUT2D eigenvalue weighted by atomic mass is 10.1. The molecule has 1 aliphatic rings. The molecule has 1 N–H and O–H groups in total. The van der Waals surface area contributed by atoms with Gasteiger partial charge in [0.05, 0.1) is 23.4 Å². The number of benzene rings is 1. The molecule has 0 bridgehead atoms. The van der Waals surface area contributed by atoms with Crippen molar-refractivity contribution >= 4 is 44.1 Å². The Bertz CT molecular complexity index is 823. The van der Waals surface area contributed by atoms with E-state index in [4.69, 9.17) is 4.74 Å². The van der Waals surface area contributed by atoms with Gasteiger partial charge in [-0.25, -0.2) is 7.86 Å². The van der Waals surface area contributed by atoms with Crippen LogP contribution in [0.1, 0.15) is 32.4 Å². The monoisotopic (exact) mass is 460 g/mol. The van der Waals surface area contributed by atoms with Crippen LogP contribution in [0.25, 0.3) is 10.9 Å². The first-order valence-corrected chi connectivity index (χ1v) is 9.76. The number of halogens is 1. The van der Waals surface area contributed by atoms with E-state index in [1.54, 1.807) is 17.2 Å². The lowest BCUT2D eigenvalue weighted by molar-refractivity contribution is 0.000159. The maximum absolute atomic E-state index is 12.0. The third kappa shape index (κ3) is 3.61. The molecule has 0 atom stereocenters. The van der Waals surface area contributed by atoms with Crippen LogP contribution in [0.5, 0.6) is 0 Å². The van der Waals surface area contributed by atoms with Gasteiger partial charge in [0.1, 0.15) is 5.60 Å². The standard InChI is InChI=1S/C16H21IN4O4/c1-10-5-11-7-18-20(14(11)6-13(10)21(24)17-23)12-8-19(9-12)15(22)25-16(2,3)4/h5-7,12,24H,8-9H2,1-4H3. The molecular formula is C16H21IN4O4. The Hall–Kier alpha value is -1.75. The molecule has 136 valence electrons. The van der Waals surface area contributed by atoms with Crippen molar-refractivity contribution in [2.45, 2.75) is 39.3 Å². The van der Waals surface area contributed by atoms with Gasteiger partial charge in [-0.2, -0.15) is 8.38 Å². The third-order valence-corrected chi connectivity index (χ3v) is 4.93. The van der Waals surface area contributed by atoms with Crippen molar-refractivity contribution in [3.05, 3.63) is 23.9 Å². The fraction of sp³-hybridized carbons (Fsp3) is 0.500. The van der Waals surface area contributed by atoms with Crippen molar-refractivity contribution in [1.82, 2.24) is 14.7 Å². The number of nitrogens with zero attached hydrogens (tertiary/aromatic N) is 4. The first-order valence-electron chi connectivity index (χ1n) is 7.92. The van der Waals surface area contributed by atoms with E-state index in [1.165, 1.54) is 0 Å². The molecule has 8 nitrogen and oxygen atoms in total. The molecule has 2 aromatic rings. The predicted molar refractivity (Wildman–Crippen MR) is 100 cm³/mol. The van der Waals surface area contributed by atoms with E-state index in [0.29, 0.717) is 18.8 Å². The van der Waals surface area contributed by atoms with Gasteiger partial charge in [-0.1, -0.05) is 0 Å². The molecule has 9 heteroatoms. The molecule has 0 radical (unpaired) electrons. The summed E-state index contributed by atoms with van der Waals surface area (Å²) in [5.41, 5.74) is 1.67. The highest BCUT2D eigenvalue weighted by Crippen LogP contribution is 2.32. The SMILES string of the molecule is Cc1cc2cnn(C3CN(C(=O)OC(C)(C)C)C3)c2cc1N(O)I=O. The van der Waals surface area contributed by atoms with E-state index in [9.17, 15) is 13.1 Å². The number of aromatic nitrogens is 2. The average Bonchev–Trinajstić information content (AvgIpc) is 2.85. The number of fused-ring (bicyclic) bond motifs is 1. The zero-order valence-corrected chi connectivity index (χ0v) is 16.7. The van der Waals surface area contributed by atoms with Crippen LogP contribution in [0, 0.1) is 6.92 Å². The minimum Gasteiger partial charge on any atom is -0.444 e. The molecule has 1 fully saturated rings. The summed E-state index contributed by atoms with van der Waals surface area (Å²) in [7, 11) is 0. The average molecular weight is 460 g/mol. The van der Waals surface area contributed by atoms with E-state index in [-0.39, 0.29) is 12.1 Å². The van der Waals surface area contributed by atoms with Gasteiger partial charge in [0.25, 0.3) is 21.5 Å². The van der Waals surface area contributed by atoms with Gasteiger partial charge < -0.3 is 9.64 Å². The lowest BCUT2D eigenvalue weighted by Gasteiger charge is -2.39. The van der Waals surface area contributed by atoms with E-state index in [0.717, 1.165) is 19.7 Å². The first kappa shape index (κ1) is 18.1. The van der Waals surface area contributed by atoms with Gasteiger partial charge in [0.15, 0.2) is 0 Å². The second-order valence-corrected chi connectivity index (χ2v) is 8.46. The molecule has 1 saturated heterocycles. The second-order valence-electron chi connectivity index (χ2n) is 7.15. The van der Waals surface area contributed by atoms with Crippen LogP contribution in [0.4, 0.5) is 10.5 Å². The molecular weight excluding hydrogens is 439 g/mol. The van der Waals surface area contributed by atoms with Crippen molar-refractivity contribution in [1.29, 1.82) is 0 Å². The molecule has 1 aromatic heterocycles. The van der Waals surface area contributed by atoms with Crippen LogP contribution in [0.2, 0.25) is 0 Å². The quantitative estimate of drug-likeness (QED) is 0.428. The highest BCUT2D eigenvalue weighted by atomic mass is 127. The van der Waals surface area contributed by atoms with Crippen molar-refractivity contribution in [2.24, 2.45) is 0 Å². The van der Waals surface area contributed by atoms with Crippen LogP contribution in [0.15, 0.2) is 18.3 Å². The summed E-state index contributed by atoms with van der Waals surface area (Å²) in [5.74, 6) is 0. The number of likely N-dealkylation sites (tertiary alicyclic amines) is 1. The summed E-state index contributed by atoms with van der Waals surface area (Å²) >= 11 is -1.70. The first-order chi connectivity index (χ1) is 11.7. The number of anilines is 1. The summed E-state index contributed by atoms with van der Waals surface area (Å²) in [6.07, 6.45) is 1.44. The Labute approximate surface area is 156 Å². The van der Waals surface area contributed by atoms with Gasteiger partial charge in [-0.3, -0.25) is 9.89 Å². The molecule has 0 saturated carbocycles. The van der Waals surface area contributed by atoms with Crippen LogP contribution in [0.3, 0.4) is 0 Å². The predicted octanol–water partition coefficient (Wildman–Crippen LogP) is 3.56. The summed E-state index contributed by atoms with van der Waals surface area (Å²) in [5, 5.41) is 15.2. The van der Waals surface area contributed by atoms with Crippen molar-refractivity contribution in [2.75, 3.05) is 16.4 Å². The van der Waals surface area contributed by atoms with Crippen molar-refractivity contribution in [3.63, 3.8) is 0 Å².